The van der Waals surface area contributed by atoms with Crippen molar-refractivity contribution in [1.29, 1.82) is 0 Å². The van der Waals surface area contributed by atoms with Gasteiger partial charge in [0.25, 0.3) is 0 Å². The van der Waals surface area contributed by atoms with E-state index in [-0.39, 0.29) is 5.56 Å². The van der Waals surface area contributed by atoms with Gasteiger partial charge in [-0.05, 0) is 46.6 Å². The lowest BCUT2D eigenvalue weighted by atomic mass is 9.99. The van der Waals surface area contributed by atoms with E-state index in [1.54, 1.807) is 0 Å². The van der Waals surface area contributed by atoms with Crippen molar-refractivity contribution in [1.82, 2.24) is 5.32 Å². The first kappa shape index (κ1) is 10.8. The van der Waals surface area contributed by atoms with Crippen molar-refractivity contribution in [3.63, 3.8) is 0 Å². The van der Waals surface area contributed by atoms with Gasteiger partial charge in [-0.3, -0.25) is 0 Å². The molecular weight excluding hydrogens is 264 g/mol. The van der Waals surface area contributed by atoms with Gasteiger partial charge in [-0.2, -0.15) is 0 Å². The fraction of sp³-hybridized carbons (Fsp3) is 0.273. The van der Waals surface area contributed by atoms with Crippen LogP contribution in [-0.4, -0.2) is 13.1 Å². The van der Waals surface area contributed by atoms with E-state index in [1.165, 1.54) is 12.1 Å². The summed E-state index contributed by atoms with van der Waals surface area (Å²) in [4.78, 5) is 0. The van der Waals surface area contributed by atoms with Crippen molar-refractivity contribution in [2.24, 2.45) is 0 Å². The highest BCUT2D eigenvalue weighted by Gasteiger charge is 2.17. The summed E-state index contributed by atoms with van der Waals surface area (Å²) in [6, 6.07) is 2.67. The molecule has 0 saturated heterocycles. The van der Waals surface area contributed by atoms with E-state index in [4.69, 9.17) is 0 Å². The van der Waals surface area contributed by atoms with Crippen LogP contribution in [0, 0.1) is 11.6 Å². The molecule has 0 aliphatic carbocycles. The SMILES string of the molecule is Fc1ccc(Br)c(F)c1C1=CCNCC1. The van der Waals surface area contributed by atoms with Gasteiger partial charge in [-0.1, -0.05) is 6.08 Å². The highest BCUT2D eigenvalue weighted by atomic mass is 79.9. The molecule has 0 saturated carbocycles. The van der Waals surface area contributed by atoms with Gasteiger partial charge in [-0.25, -0.2) is 8.78 Å². The van der Waals surface area contributed by atoms with E-state index in [0.29, 0.717) is 17.4 Å². The number of hydrogen-bond donors (Lipinski definition) is 1. The van der Waals surface area contributed by atoms with Crippen LogP contribution in [-0.2, 0) is 0 Å². The van der Waals surface area contributed by atoms with Gasteiger partial charge in [0.1, 0.15) is 11.6 Å². The summed E-state index contributed by atoms with van der Waals surface area (Å²) in [6.07, 6.45) is 2.49. The van der Waals surface area contributed by atoms with E-state index in [1.807, 2.05) is 6.08 Å². The van der Waals surface area contributed by atoms with Gasteiger partial charge >= 0.3 is 0 Å². The fourth-order valence-corrected chi connectivity index (χ4v) is 2.00. The zero-order valence-corrected chi connectivity index (χ0v) is 9.57. The summed E-state index contributed by atoms with van der Waals surface area (Å²) >= 11 is 3.06. The molecule has 1 aliphatic heterocycles. The highest BCUT2D eigenvalue weighted by molar-refractivity contribution is 9.10. The maximum absolute atomic E-state index is 13.7. The second kappa shape index (κ2) is 4.41. The van der Waals surface area contributed by atoms with Crippen LogP contribution in [0.3, 0.4) is 0 Å². The molecule has 0 unspecified atom stereocenters. The lowest BCUT2D eigenvalue weighted by Gasteiger charge is -2.15. The zero-order valence-electron chi connectivity index (χ0n) is 7.99. The minimum Gasteiger partial charge on any atom is -0.313 e. The van der Waals surface area contributed by atoms with Crippen LogP contribution in [0.5, 0.6) is 0 Å². The third-order valence-electron chi connectivity index (χ3n) is 2.43. The average molecular weight is 274 g/mol. The molecule has 0 atom stereocenters. The normalized spacial score (nSPS) is 16.3. The number of hydrogen-bond acceptors (Lipinski definition) is 1. The molecule has 1 nitrogen and oxygen atoms in total. The summed E-state index contributed by atoms with van der Waals surface area (Å²) in [5.74, 6) is -1.01. The molecule has 1 heterocycles. The molecule has 1 N–H and O–H groups in total. The fourth-order valence-electron chi connectivity index (χ4n) is 1.67. The standard InChI is InChI=1S/C11H10BrF2N/c12-8-1-2-9(13)10(11(8)14)7-3-5-15-6-4-7/h1-3,15H,4-6H2. The Morgan fingerprint density at radius 3 is 2.73 bits per heavy atom. The van der Waals surface area contributed by atoms with Crippen LogP contribution in [0.4, 0.5) is 8.78 Å². The van der Waals surface area contributed by atoms with Crippen LogP contribution in [0.15, 0.2) is 22.7 Å². The van der Waals surface area contributed by atoms with E-state index in [9.17, 15) is 8.78 Å². The third-order valence-corrected chi connectivity index (χ3v) is 3.04. The molecular formula is C11H10BrF2N. The lowest BCUT2D eigenvalue weighted by Crippen LogP contribution is -2.20. The van der Waals surface area contributed by atoms with Crippen molar-refractivity contribution >= 4 is 21.5 Å². The molecule has 0 spiro atoms. The molecule has 0 bridgehead atoms. The zero-order chi connectivity index (χ0) is 10.8. The summed E-state index contributed by atoms with van der Waals surface area (Å²) < 4.78 is 27.5. The van der Waals surface area contributed by atoms with E-state index in [0.717, 1.165) is 12.1 Å². The van der Waals surface area contributed by atoms with Gasteiger partial charge in [0.15, 0.2) is 0 Å². The predicted octanol–water partition coefficient (Wildman–Crippen LogP) is 3.10. The lowest BCUT2D eigenvalue weighted by molar-refractivity contribution is 0.569. The Balaban J connectivity index is 2.50. The maximum Gasteiger partial charge on any atom is 0.147 e. The molecule has 0 aromatic heterocycles. The van der Waals surface area contributed by atoms with E-state index in [2.05, 4.69) is 21.2 Å². The van der Waals surface area contributed by atoms with Crippen molar-refractivity contribution < 1.29 is 8.78 Å². The molecule has 1 aliphatic rings. The topological polar surface area (TPSA) is 12.0 Å². The Bertz CT molecular complexity index is 415. The van der Waals surface area contributed by atoms with E-state index < -0.39 is 11.6 Å². The predicted molar refractivity (Wildman–Crippen MR) is 59.5 cm³/mol. The first-order valence-corrected chi connectivity index (χ1v) is 5.53. The molecule has 0 amide bonds. The molecule has 15 heavy (non-hydrogen) atoms. The quantitative estimate of drug-likeness (QED) is 0.776. The van der Waals surface area contributed by atoms with Crippen LogP contribution in [0.2, 0.25) is 0 Å². The summed E-state index contributed by atoms with van der Waals surface area (Å²) in [5, 5.41) is 3.11. The maximum atomic E-state index is 13.7. The average Bonchev–Trinajstić information content (AvgIpc) is 2.26. The first-order chi connectivity index (χ1) is 7.20. The van der Waals surface area contributed by atoms with Gasteiger partial charge in [0, 0.05) is 6.54 Å². The Kier molecular flexibility index (Phi) is 3.17. The summed E-state index contributed by atoms with van der Waals surface area (Å²) in [6.45, 7) is 1.43. The minimum absolute atomic E-state index is 0.103. The summed E-state index contributed by atoms with van der Waals surface area (Å²) in [7, 11) is 0. The van der Waals surface area contributed by atoms with Crippen LogP contribution >= 0.6 is 15.9 Å². The van der Waals surface area contributed by atoms with Crippen LogP contribution in [0.25, 0.3) is 5.57 Å². The van der Waals surface area contributed by atoms with E-state index >= 15 is 0 Å². The molecule has 0 radical (unpaired) electrons. The monoisotopic (exact) mass is 273 g/mol. The highest BCUT2D eigenvalue weighted by Crippen LogP contribution is 2.29. The van der Waals surface area contributed by atoms with Gasteiger partial charge in [0.05, 0.1) is 10.0 Å². The number of benzene rings is 1. The second-order valence-electron chi connectivity index (χ2n) is 3.40. The first-order valence-electron chi connectivity index (χ1n) is 4.74. The minimum atomic E-state index is -0.511. The van der Waals surface area contributed by atoms with Gasteiger partial charge in [0.2, 0.25) is 0 Å². The Hall–Kier alpha value is -0.740. The number of nitrogens with one attached hydrogen (secondary N) is 1. The van der Waals surface area contributed by atoms with Gasteiger partial charge in [-0.15, -0.1) is 0 Å². The third kappa shape index (κ3) is 2.11. The molecule has 80 valence electrons. The smallest absolute Gasteiger partial charge is 0.147 e. The van der Waals surface area contributed by atoms with Crippen LogP contribution < -0.4 is 5.32 Å². The molecule has 1 aromatic rings. The van der Waals surface area contributed by atoms with Crippen molar-refractivity contribution in [3.05, 3.63) is 39.9 Å². The molecule has 0 fully saturated rings. The Morgan fingerprint density at radius 2 is 2.07 bits per heavy atom. The summed E-state index contributed by atoms with van der Waals surface area (Å²) in [5.41, 5.74) is 0.843. The molecule has 4 heteroatoms. The van der Waals surface area contributed by atoms with Crippen molar-refractivity contribution in [2.75, 3.05) is 13.1 Å². The Morgan fingerprint density at radius 1 is 1.27 bits per heavy atom. The Labute approximate surface area is 95.3 Å². The second-order valence-corrected chi connectivity index (χ2v) is 4.26. The molecule has 1 aromatic carbocycles. The van der Waals surface area contributed by atoms with Crippen molar-refractivity contribution in [3.8, 4) is 0 Å². The molecule has 2 rings (SSSR count). The number of rotatable bonds is 1. The largest absolute Gasteiger partial charge is 0.313 e. The van der Waals surface area contributed by atoms with Crippen LogP contribution in [0.1, 0.15) is 12.0 Å². The van der Waals surface area contributed by atoms with Gasteiger partial charge < -0.3 is 5.32 Å². The van der Waals surface area contributed by atoms with Crippen molar-refractivity contribution in [2.45, 2.75) is 6.42 Å². The number of halogens is 3.